The summed E-state index contributed by atoms with van der Waals surface area (Å²) in [5, 5.41) is 6.54. The molecule has 0 aliphatic carbocycles. The molecule has 0 radical (unpaired) electrons. The first-order valence-corrected chi connectivity index (χ1v) is 6.75. The van der Waals surface area contributed by atoms with Crippen LogP contribution in [-0.2, 0) is 0 Å². The van der Waals surface area contributed by atoms with Crippen molar-refractivity contribution in [2.75, 3.05) is 19.4 Å². The Kier molecular flexibility index (Phi) is 4.39. The van der Waals surface area contributed by atoms with E-state index in [1.165, 1.54) is 11.1 Å². The van der Waals surface area contributed by atoms with Crippen molar-refractivity contribution in [2.45, 2.75) is 6.04 Å². The van der Waals surface area contributed by atoms with E-state index in [0.717, 1.165) is 10.2 Å². The smallest absolute Gasteiger partial charge is 0.0586 e. The summed E-state index contributed by atoms with van der Waals surface area (Å²) < 4.78 is 1.12. The molecule has 0 spiro atoms. The summed E-state index contributed by atoms with van der Waals surface area (Å²) in [7, 11) is 3.92. The molecule has 0 bridgehead atoms. The largest absolute Gasteiger partial charge is 0.388 e. The molecule has 1 unspecified atom stereocenters. The fourth-order valence-electron chi connectivity index (χ4n) is 2.08. The Morgan fingerprint density at radius 2 is 1.78 bits per heavy atom. The van der Waals surface area contributed by atoms with Gasteiger partial charge in [0.25, 0.3) is 0 Å². The number of nitrogens with one attached hydrogen (secondary N) is 2. The number of rotatable bonds is 4. The molecule has 18 heavy (non-hydrogen) atoms. The lowest BCUT2D eigenvalue weighted by Crippen LogP contribution is -2.18. The molecule has 94 valence electrons. The zero-order chi connectivity index (χ0) is 13.0. The minimum Gasteiger partial charge on any atom is -0.388 e. The second kappa shape index (κ2) is 6.03. The molecule has 0 fully saturated rings. The van der Waals surface area contributed by atoms with Crippen LogP contribution in [0.1, 0.15) is 17.2 Å². The molecule has 0 heterocycles. The van der Waals surface area contributed by atoms with Crippen LogP contribution in [0.4, 0.5) is 5.69 Å². The van der Waals surface area contributed by atoms with E-state index in [2.05, 4.69) is 69.0 Å². The summed E-state index contributed by atoms with van der Waals surface area (Å²) in [6.45, 7) is 0. The van der Waals surface area contributed by atoms with Gasteiger partial charge in [0.05, 0.1) is 6.04 Å². The highest BCUT2D eigenvalue weighted by atomic mass is 79.9. The molecule has 2 aromatic carbocycles. The number of benzene rings is 2. The summed E-state index contributed by atoms with van der Waals surface area (Å²) in [6, 6.07) is 16.9. The first-order chi connectivity index (χ1) is 8.76. The molecule has 3 heteroatoms. The maximum atomic E-state index is 3.61. The van der Waals surface area contributed by atoms with Crippen LogP contribution in [0.15, 0.2) is 53.0 Å². The van der Waals surface area contributed by atoms with Crippen LogP contribution in [-0.4, -0.2) is 14.1 Å². The summed E-state index contributed by atoms with van der Waals surface area (Å²) in [5.74, 6) is 0. The molecule has 0 saturated heterocycles. The van der Waals surface area contributed by atoms with E-state index < -0.39 is 0 Å². The van der Waals surface area contributed by atoms with Crippen LogP contribution in [0.25, 0.3) is 0 Å². The van der Waals surface area contributed by atoms with E-state index >= 15 is 0 Å². The maximum absolute atomic E-state index is 3.61. The van der Waals surface area contributed by atoms with Gasteiger partial charge >= 0.3 is 0 Å². The molecule has 2 N–H and O–H groups in total. The Morgan fingerprint density at radius 1 is 1.00 bits per heavy atom. The Balaban J connectivity index is 2.42. The third-order valence-corrected chi connectivity index (χ3v) is 3.74. The van der Waals surface area contributed by atoms with E-state index in [1.807, 2.05) is 20.2 Å². The van der Waals surface area contributed by atoms with E-state index in [1.54, 1.807) is 0 Å². The monoisotopic (exact) mass is 304 g/mol. The van der Waals surface area contributed by atoms with Crippen LogP contribution in [0, 0.1) is 0 Å². The van der Waals surface area contributed by atoms with Crippen molar-refractivity contribution < 1.29 is 0 Å². The van der Waals surface area contributed by atoms with Crippen molar-refractivity contribution in [3.8, 4) is 0 Å². The van der Waals surface area contributed by atoms with Gasteiger partial charge in [-0.2, -0.15) is 0 Å². The highest BCUT2D eigenvalue weighted by molar-refractivity contribution is 9.10. The van der Waals surface area contributed by atoms with Gasteiger partial charge < -0.3 is 10.6 Å². The maximum Gasteiger partial charge on any atom is 0.0586 e. The van der Waals surface area contributed by atoms with E-state index in [9.17, 15) is 0 Å². The molecular formula is C15H17BrN2. The van der Waals surface area contributed by atoms with Gasteiger partial charge in [-0.1, -0.05) is 46.3 Å². The second-order valence-corrected chi connectivity index (χ2v) is 4.97. The Labute approximate surface area is 117 Å². The molecule has 2 aromatic rings. The van der Waals surface area contributed by atoms with Crippen molar-refractivity contribution in [1.29, 1.82) is 0 Å². The summed E-state index contributed by atoms with van der Waals surface area (Å²) >= 11 is 3.61. The first-order valence-electron chi connectivity index (χ1n) is 5.95. The predicted octanol–water partition coefficient (Wildman–Crippen LogP) is 3.80. The lowest BCUT2D eigenvalue weighted by Gasteiger charge is -2.19. The van der Waals surface area contributed by atoms with Gasteiger partial charge in [-0.3, -0.25) is 0 Å². The topological polar surface area (TPSA) is 24.1 Å². The lowest BCUT2D eigenvalue weighted by atomic mass is 9.98. The van der Waals surface area contributed by atoms with E-state index in [4.69, 9.17) is 0 Å². The van der Waals surface area contributed by atoms with Gasteiger partial charge in [-0.25, -0.2) is 0 Å². The first kappa shape index (κ1) is 13.1. The zero-order valence-corrected chi connectivity index (χ0v) is 12.2. The highest BCUT2D eigenvalue weighted by Gasteiger charge is 2.14. The molecule has 0 aliphatic heterocycles. The number of hydrogen-bond donors (Lipinski definition) is 2. The molecular weight excluding hydrogens is 288 g/mol. The molecule has 2 rings (SSSR count). The van der Waals surface area contributed by atoms with Crippen molar-refractivity contribution in [1.82, 2.24) is 5.32 Å². The van der Waals surface area contributed by atoms with Gasteiger partial charge in [0, 0.05) is 17.2 Å². The average Bonchev–Trinajstić information content (AvgIpc) is 2.42. The third kappa shape index (κ3) is 2.74. The summed E-state index contributed by atoms with van der Waals surface area (Å²) in [4.78, 5) is 0. The van der Waals surface area contributed by atoms with Crippen LogP contribution in [0.3, 0.4) is 0 Å². The van der Waals surface area contributed by atoms with Gasteiger partial charge in [0.15, 0.2) is 0 Å². The second-order valence-electron chi connectivity index (χ2n) is 4.12. The van der Waals surface area contributed by atoms with Crippen molar-refractivity contribution in [2.24, 2.45) is 0 Å². The van der Waals surface area contributed by atoms with Crippen LogP contribution >= 0.6 is 15.9 Å². The fourth-order valence-corrected chi connectivity index (χ4v) is 2.60. The van der Waals surface area contributed by atoms with Crippen molar-refractivity contribution in [3.63, 3.8) is 0 Å². The van der Waals surface area contributed by atoms with Gasteiger partial charge in [0.1, 0.15) is 0 Å². The number of hydrogen-bond acceptors (Lipinski definition) is 2. The Hall–Kier alpha value is -1.32. The van der Waals surface area contributed by atoms with Crippen LogP contribution in [0.5, 0.6) is 0 Å². The van der Waals surface area contributed by atoms with E-state index in [-0.39, 0.29) is 6.04 Å². The minimum atomic E-state index is 0.189. The van der Waals surface area contributed by atoms with Gasteiger partial charge in [-0.05, 0) is 36.4 Å². The van der Waals surface area contributed by atoms with Crippen LogP contribution in [0.2, 0.25) is 0 Å². The summed E-state index contributed by atoms with van der Waals surface area (Å²) in [5.41, 5.74) is 3.62. The zero-order valence-electron chi connectivity index (χ0n) is 10.6. The number of halogens is 1. The Bertz CT molecular complexity index is 525. The summed E-state index contributed by atoms with van der Waals surface area (Å²) in [6.07, 6.45) is 0. The lowest BCUT2D eigenvalue weighted by molar-refractivity contribution is 0.689. The normalized spacial score (nSPS) is 12.2. The van der Waals surface area contributed by atoms with Gasteiger partial charge in [-0.15, -0.1) is 0 Å². The Morgan fingerprint density at radius 3 is 2.44 bits per heavy atom. The van der Waals surface area contributed by atoms with Crippen molar-refractivity contribution >= 4 is 21.6 Å². The fraction of sp³-hybridized carbons (Fsp3) is 0.200. The van der Waals surface area contributed by atoms with Crippen molar-refractivity contribution in [3.05, 3.63) is 64.1 Å². The standard InChI is InChI=1S/C15H17BrN2/c1-17-12-7-5-6-11(10-12)15(18-2)13-8-3-4-9-14(13)16/h3-10,15,17-18H,1-2H3. The molecule has 0 saturated carbocycles. The SMILES string of the molecule is CNc1cccc(C(NC)c2ccccc2Br)c1. The van der Waals surface area contributed by atoms with Gasteiger partial charge in [0.2, 0.25) is 0 Å². The van der Waals surface area contributed by atoms with E-state index in [0.29, 0.717) is 0 Å². The predicted molar refractivity (Wildman–Crippen MR) is 81.0 cm³/mol. The van der Waals surface area contributed by atoms with Crippen LogP contribution < -0.4 is 10.6 Å². The highest BCUT2D eigenvalue weighted by Crippen LogP contribution is 2.29. The average molecular weight is 305 g/mol. The quantitative estimate of drug-likeness (QED) is 0.898. The molecule has 0 amide bonds. The molecule has 0 aliphatic rings. The molecule has 0 aromatic heterocycles. The number of anilines is 1. The molecule has 2 nitrogen and oxygen atoms in total. The molecule has 1 atom stereocenters. The minimum absolute atomic E-state index is 0.189. The third-order valence-electron chi connectivity index (χ3n) is 3.01.